The number of carbonyl (C=O) groups excluding carboxylic acids is 2. The quantitative estimate of drug-likeness (QED) is 0.367. The van der Waals surface area contributed by atoms with E-state index < -0.39 is 23.4 Å². The highest BCUT2D eigenvalue weighted by molar-refractivity contribution is 5.95. The summed E-state index contributed by atoms with van der Waals surface area (Å²) in [5, 5.41) is 13.2. The highest BCUT2D eigenvalue weighted by Gasteiger charge is 2.12. The van der Waals surface area contributed by atoms with Gasteiger partial charge in [0.15, 0.2) is 6.61 Å². The number of amides is 1. The van der Waals surface area contributed by atoms with Crippen LogP contribution in [0.1, 0.15) is 10.4 Å². The lowest BCUT2D eigenvalue weighted by molar-refractivity contribution is -0.384. The molecule has 0 fully saturated rings. The summed E-state index contributed by atoms with van der Waals surface area (Å²) >= 11 is 0. The van der Waals surface area contributed by atoms with E-state index in [0.29, 0.717) is 17.2 Å². The van der Waals surface area contributed by atoms with Crippen LogP contribution in [0.2, 0.25) is 0 Å². The number of benzene rings is 3. The standard InChI is InChI=1S/C21H16N2O6/c24-20(14-28-21(25)15-6-10-17(11-7-15)23(26)27)22-16-8-12-19(13-9-16)29-18-4-2-1-3-5-18/h1-13H,14H2,(H,22,24). The van der Waals surface area contributed by atoms with Gasteiger partial charge in [-0.25, -0.2) is 4.79 Å². The zero-order valence-corrected chi connectivity index (χ0v) is 15.1. The first-order valence-electron chi connectivity index (χ1n) is 8.56. The summed E-state index contributed by atoms with van der Waals surface area (Å²) in [6.45, 7) is -0.488. The number of esters is 1. The van der Waals surface area contributed by atoms with Gasteiger partial charge in [-0.3, -0.25) is 14.9 Å². The lowest BCUT2D eigenvalue weighted by Gasteiger charge is -2.08. The smallest absolute Gasteiger partial charge is 0.338 e. The monoisotopic (exact) mass is 392 g/mol. The molecule has 3 aromatic carbocycles. The first kappa shape index (κ1) is 19.6. The van der Waals surface area contributed by atoms with Crippen LogP contribution < -0.4 is 10.1 Å². The molecule has 146 valence electrons. The number of anilines is 1. The summed E-state index contributed by atoms with van der Waals surface area (Å²) in [7, 11) is 0. The lowest BCUT2D eigenvalue weighted by Crippen LogP contribution is -2.20. The number of hydrogen-bond donors (Lipinski definition) is 1. The maximum Gasteiger partial charge on any atom is 0.338 e. The third-order valence-electron chi connectivity index (χ3n) is 3.77. The van der Waals surface area contributed by atoms with E-state index in [1.807, 2.05) is 30.3 Å². The Morgan fingerprint density at radius 1 is 0.862 bits per heavy atom. The Hall–Kier alpha value is -4.20. The zero-order chi connectivity index (χ0) is 20.6. The van der Waals surface area contributed by atoms with Crippen molar-refractivity contribution in [2.45, 2.75) is 0 Å². The van der Waals surface area contributed by atoms with Gasteiger partial charge in [-0.15, -0.1) is 0 Å². The fourth-order valence-corrected chi connectivity index (χ4v) is 2.36. The lowest BCUT2D eigenvalue weighted by atomic mass is 10.2. The number of carbonyl (C=O) groups is 2. The molecule has 0 atom stereocenters. The number of ether oxygens (including phenoxy) is 2. The van der Waals surface area contributed by atoms with Crippen LogP contribution in [-0.4, -0.2) is 23.4 Å². The highest BCUT2D eigenvalue weighted by Crippen LogP contribution is 2.22. The van der Waals surface area contributed by atoms with Crippen molar-refractivity contribution in [3.63, 3.8) is 0 Å². The van der Waals surface area contributed by atoms with Gasteiger partial charge < -0.3 is 14.8 Å². The van der Waals surface area contributed by atoms with Gasteiger partial charge in [-0.05, 0) is 48.5 Å². The van der Waals surface area contributed by atoms with Gasteiger partial charge in [0.1, 0.15) is 11.5 Å². The molecule has 8 heteroatoms. The van der Waals surface area contributed by atoms with Crippen LogP contribution in [0.3, 0.4) is 0 Å². The topological polar surface area (TPSA) is 108 Å². The van der Waals surface area contributed by atoms with E-state index in [9.17, 15) is 19.7 Å². The predicted octanol–water partition coefficient (Wildman–Crippen LogP) is 4.18. The molecule has 0 aromatic heterocycles. The van der Waals surface area contributed by atoms with E-state index in [1.54, 1.807) is 24.3 Å². The van der Waals surface area contributed by atoms with Crippen LogP contribution >= 0.6 is 0 Å². The second kappa shape index (κ2) is 9.14. The fourth-order valence-electron chi connectivity index (χ4n) is 2.36. The molecule has 3 aromatic rings. The molecule has 0 unspecified atom stereocenters. The number of nitrogens with one attached hydrogen (secondary N) is 1. The van der Waals surface area contributed by atoms with Crippen LogP contribution in [0.25, 0.3) is 0 Å². The molecular formula is C21H16N2O6. The Balaban J connectivity index is 1.48. The van der Waals surface area contributed by atoms with E-state index in [4.69, 9.17) is 9.47 Å². The normalized spacial score (nSPS) is 10.1. The van der Waals surface area contributed by atoms with Crippen molar-refractivity contribution in [3.05, 3.63) is 94.5 Å². The van der Waals surface area contributed by atoms with Crippen molar-refractivity contribution in [2.24, 2.45) is 0 Å². The molecule has 0 spiro atoms. The van der Waals surface area contributed by atoms with Gasteiger partial charge >= 0.3 is 5.97 Å². The number of nitro benzene ring substituents is 1. The van der Waals surface area contributed by atoms with Crippen molar-refractivity contribution < 1.29 is 24.0 Å². The summed E-state index contributed by atoms with van der Waals surface area (Å²) in [4.78, 5) is 33.9. The van der Waals surface area contributed by atoms with Crippen LogP contribution in [0.4, 0.5) is 11.4 Å². The Morgan fingerprint density at radius 2 is 1.48 bits per heavy atom. The minimum Gasteiger partial charge on any atom is -0.457 e. The van der Waals surface area contributed by atoms with E-state index in [2.05, 4.69) is 5.32 Å². The van der Waals surface area contributed by atoms with Crippen molar-refractivity contribution in [2.75, 3.05) is 11.9 Å². The van der Waals surface area contributed by atoms with Crippen LogP contribution in [0.5, 0.6) is 11.5 Å². The van der Waals surface area contributed by atoms with Crippen molar-refractivity contribution in [3.8, 4) is 11.5 Å². The molecule has 0 saturated carbocycles. The second-order valence-electron chi connectivity index (χ2n) is 5.87. The Morgan fingerprint density at radius 3 is 2.10 bits per heavy atom. The summed E-state index contributed by atoms with van der Waals surface area (Å²) in [5.41, 5.74) is 0.492. The second-order valence-corrected chi connectivity index (χ2v) is 5.87. The summed E-state index contributed by atoms with van der Waals surface area (Å²) in [5.74, 6) is 0.0416. The molecule has 0 bridgehead atoms. The van der Waals surface area contributed by atoms with Gasteiger partial charge in [0.25, 0.3) is 11.6 Å². The molecule has 0 aliphatic rings. The van der Waals surface area contributed by atoms with Gasteiger partial charge in [0.05, 0.1) is 10.5 Å². The van der Waals surface area contributed by atoms with E-state index in [-0.39, 0.29) is 11.3 Å². The van der Waals surface area contributed by atoms with Crippen molar-refractivity contribution in [1.29, 1.82) is 0 Å². The van der Waals surface area contributed by atoms with Crippen molar-refractivity contribution >= 4 is 23.3 Å². The summed E-state index contributed by atoms with van der Waals surface area (Å²) in [6, 6.07) is 20.9. The molecule has 0 saturated heterocycles. The summed E-state index contributed by atoms with van der Waals surface area (Å²) in [6.07, 6.45) is 0. The number of non-ortho nitro benzene ring substituents is 1. The SMILES string of the molecule is O=C(COC(=O)c1ccc([N+](=O)[O-])cc1)Nc1ccc(Oc2ccccc2)cc1. The average molecular weight is 392 g/mol. The van der Waals surface area contributed by atoms with Gasteiger partial charge in [-0.1, -0.05) is 18.2 Å². The molecule has 29 heavy (non-hydrogen) atoms. The van der Waals surface area contributed by atoms with Crippen molar-refractivity contribution in [1.82, 2.24) is 0 Å². The van der Waals surface area contributed by atoms with Gasteiger partial charge in [0.2, 0.25) is 0 Å². The average Bonchev–Trinajstić information content (AvgIpc) is 2.74. The maximum absolute atomic E-state index is 12.0. The summed E-state index contributed by atoms with van der Waals surface area (Å²) < 4.78 is 10.6. The molecule has 8 nitrogen and oxygen atoms in total. The fraction of sp³-hybridized carbons (Fsp3) is 0.0476. The van der Waals surface area contributed by atoms with Crippen LogP contribution in [-0.2, 0) is 9.53 Å². The Kier molecular flexibility index (Phi) is 6.16. The van der Waals surface area contributed by atoms with E-state index in [0.717, 1.165) is 0 Å². The molecule has 3 rings (SSSR count). The number of para-hydroxylation sites is 1. The first-order chi connectivity index (χ1) is 14.0. The molecule has 0 aliphatic heterocycles. The minimum atomic E-state index is -0.748. The number of hydrogen-bond acceptors (Lipinski definition) is 6. The maximum atomic E-state index is 12.0. The van der Waals surface area contributed by atoms with Gasteiger partial charge in [0, 0.05) is 17.8 Å². The number of nitrogens with zero attached hydrogens (tertiary/aromatic N) is 1. The van der Waals surface area contributed by atoms with Crippen LogP contribution in [0.15, 0.2) is 78.9 Å². The molecule has 0 radical (unpaired) electrons. The van der Waals surface area contributed by atoms with Gasteiger partial charge in [-0.2, -0.15) is 0 Å². The molecular weight excluding hydrogens is 376 g/mol. The first-order valence-corrected chi connectivity index (χ1v) is 8.56. The minimum absolute atomic E-state index is 0.116. The Bertz CT molecular complexity index is 1000. The number of nitro groups is 1. The molecule has 0 heterocycles. The molecule has 1 amide bonds. The van der Waals surface area contributed by atoms with Crippen LogP contribution in [0, 0.1) is 10.1 Å². The zero-order valence-electron chi connectivity index (χ0n) is 15.1. The third kappa shape index (κ3) is 5.64. The predicted molar refractivity (Wildman–Crippen MR) is 105 cm³/mol. The number of rotatable bonds is 7. The largest absolute Gasteiger partial charge is 0.457 e. The van der Waals surface area contributed by atoms with E-state index in [1.165, 1.54) is 24.3 Å². The van der Waals surface area contributed by atoms with E-state index >= 15 is 0 Å². The molecule has 1 N–H and O–H groups in total. The Labute approximate surface area is 165 Å². The molecule has 0 aliphatic carbocycles. The highest BCUT2D eigenvalue weighted by atomic mass is 16.6. The third-order valence-corrected chi connectivity index (χ3v) is 3.77.